The van der Waals surface area contributed by atoms with Crippen LogP contribution in [0.25, 0.3) is 0 Å². The molecular formula is C10H18CdO4. The molecule has 5 heteroatoms. The zero-order valence-electron chi connectivity index (χ0n) is 9.58. The van der Waals surface area contributed by atoms with Crippen molar-refractivity contribution in [2.24, 2.45) is 0 Å². The van der Waals surface area contributed by atoms with E-state index < -0.39 is 11.9 Å². The Labute approximate surface area is 111 Å². The Morgan fingerprint density at radius 3 is 1.20 bits per heavy atom. The van der Waals surface area contributed by atoms with Crippen molar-refractivity contribution in [3.63, 3.8) is 0 Å². The van der Waals surface area contributed by atoms with Crippen molar-refractivity contribution in [1.82, 2.24) is 0 Å². The molecule has 0 aromatic heterocycles. The number of carboxylic acids is 2. The van der Waals surface area contributed by atoms with E-state index in [0.717, 1.165) is 25.7 Å². The van der Waals surface area contributed by atoms with Gasteiger partial charge in [0.05, 0.1) is 0 Å². The van der Waals surface area contributed by atoms with Crippen LogP contribution in [0.3, 0.4) is 0 Å². The first kappa shape index (κ1) is 20.3. The monoisotopic (exact) mass is 316 g/mol. The fraction of sp³-hybridized carbons (Fsp3) is 0.800. The van der Waals surface area contributed by atoms with E-state index in [9.17, 15) is 19.8 Å². The van der Waals surface area contributed by atoms with Crippen molar-refractivity contribution in [3.8, 4) is 0 Å². The molecule has 0 N–H and O–H groups in total. The van der Waals surface area contributed by atoms with Gasteiger partial charge in [-0.2, -0.15) is 0 Å². The van der Waals surface area contributed by atoms with E-state index in [1.807, 2.05) is 13.8 Å². The standard InChI is InChI=1S/2C5H10O2.Cd/c2*1-2-3-4-5(6)7;/h2*2-4H2,1H3,(H,6,7);/q;;+2/p-2. The molecule has 0 spiro atoms. The Hall–Kier alpha value is -0.138. The quantitative estimate of drug-likeness (QED) is 0.639. The molecule has 0 aliphatic carbocycles. The Morgan fingerprint density at radius 1 is 0.867 bits per heavy atom. The molecule has 4 nitrogen and oxygen atoms in total. The van der Waals surface area contributed by atoms with Crippen LogP contribution in [0.4, 0.5) is 0 Å². The van der Waals surface area contributed by atoms with Crippen LogP contribution in [0.15, 0.2) is 0 Å². The molecule has 0 fully saturated rings. The summed E-state index contributed by atoms with van der Waals surface area (Å²) in [5.41, 5.74) is 0. The van der Waals surface area contributed by atoms with Crippen molar-refractivity contribution in [1.29, 1.82) is 0 Å². The topological polar surface area (TPSA) is 80.3 Å². The van der Waals surface area contributed by atoms with Gasteiger partial charge < -0.3 is 19.8 Å². The van der Waals surface area contributed by atoms with Crippen LogP contribution >= 0.6 is 0 Å². The Kier molecular flexibility index (Phi) is 22.1. The Balaban J connectivity index is -0.000000180. The molecule has 84 valence electrons. The van der Waals surface area contributed by atoms with Crippen LogP contribution in [0.5, 0.6) is 0 Å². The van der Waals surface area contributed by atoms with Crippen LogP contribution in [0.1, 0.15) is 52.4 Å². The van der Waals surface area contributed by atoms with Gasteiger partial charge in [-0.25, -0.2) is 0 Å². The molecule has 0 bridgehead atoms. The number of carboxylic acid groups (broad SMARTS) is 2. The third kappa shape index (κ3) is 31.6. The summed E-state index contributed by atoms with van der Waals surface area (Å²) < 4.78 is 0. The molecule has 0 aromatic carbocycles. The maximum atomic E-state index is 9.65. The zero-order chi connectivity index (χ0) is 11.4. The maximum absolute atomic E-state index is 9.65. The van der Waals surface area contributed by atoms with E-state index in [-0.39, 0.29) is 40.1 Å². The van der Waals surface area contributed by atoms with Crippen molar-refractivity contribution < 1.29 is 47.1 Å². The third-order valence-corrected chi connectivity index (χ3v) is 1.47. The summed E-state index contributed by atoms with van der Waals surface area (Å²) in [5.74, 6) is -1.89. The molecule has 0 aliphatic rings. The molecule has 0 rings (SSSR count). The average Bonchev–Trinajstić information content (AvgIpc) is 2.12. The second kappa shape index (κ2) is 16.3. The summed E-state index contributed by atoms with van der Waals surface area (Å²) >= 11 is 0. The Bertz CT molecular complexity index is 142. The van der Waals surface area contributed by atoms with Gasteiger partial charge in [0.1, 0.15) is 0 Å². The molecule has 0 amide bonds. The van der Waals surface area contributed by atoms with Crippen LogP contribution in [0.2, 0.25) is 0 Å². The summed E-state index contributed by atoms with van der Waals surface area (Å²) in [6, 6.07) is 0. The second-order valence-corrected chi connectivity index (χ2v) is 2.95. The van der Waals surface area contributed by atoms with E-state index in [1.165, 1.54) is 0 Å². The van der Waals surface area contributed by atoms with Gasteiger partial charge in [0, 0.05) is 11.9 Å². The fourth-order valence-electron chi connectivity index (χ4n) is 0.642. The summed E-state index contributed by atoms with van der Waals surface area (Å²) in [6.07, 6.45) is 3.74. The number of carbonyl (C=O) groups excluding carboxylic acids is 2. The van der Waals surface area contributed by atoms with Gasteiger partial charge in [-0.3, -0.25) is 0 Å². The number of rotatable bonds is 6. The van der Waals surface area contributed by atoms with E-state index >= 15 is 0 Å². The fourth-order valence-corrected chi connectivity index (χ4v) is 0.642. The average molecular weight is 315 g/mol. The van der Waals surface area contributed by atoms with Gasteiger partial charge in [-0.1, -0.05) is 26.7 Å². The minimum absolute atomic E-state index is 0. The first-order chi connectivity index (χ1) is 6.54. The van der Waals surface area contributed by atoms with Crippen LogP contribution < -0.4 is 10.2 Å². The van der Waals surface area contributed by atoms with Gasteiger partial charge in [-0.15, -0.1) is 0 Å². The van der Waals surface area contributed by atoms with Crippen molar-refractivity contribution in [3.05, 3.63) is 0 Å². The van der Waals surface area contributed by atoms with E-state index in [2.05, 4.69) is 0 Å². The minimum Gasteiger partial charge on any atom is -0.550 e. The first-order valence-electron chi connectivity index (χ1n) is 4.94. The second-order valence-electron chi connectivity index (χ2n) is 2.95. The van der Waals surface area contributed by atoms with E-state index in [0.29, 0.717) is 0 Å². The summed E-state index contributed by atoms with van der Waals surface area (Å²) in [6.45, 7) is 3.89. The molecule has 0 saturated heterocycles. The van der Waals surface area contributed by atoms with Gasteiger partial charge in [0.15, 0.2) is 0 Å². The largest absolute Gasteiger partial charge is 2.00 e. The zero-order valence-corrected chi connectivity index (χ0v) is 13.6. The van der Waals surface area contributed by atoms with E-state index in [4.69, 9.17) is 0 Å². The number of unbranched alkanes of at least 4 members (excludes halogenated alkanes) is 2. The molecular weight excluding hydrogens is 297 g/mol. The third-order valence-electron chi connectivity index (χ3n) is 1.47. The molecule has 0 heterocycles. The Morgan fingerprint density at radius 2 is 1.13 bits per heavy atom. The SMILES string of the molecule is CCCCC(=O)[O-].CCCCC(=O)[O-].[Cd+2]. The predicted octanol–water partition coefficient (Wildman–Crippen LogP) is -0.149. The van der Waals surface area contributed by atoms with Crippen molar-refractivity contribution in [2.45, 2.75) is 52.4 Å². The van der Waals surface area contributed by atoms with Crippen molar-refractivity contribution in [2.75, 3.05) is 0 Å². The van der Waals surface area contributed by atoms with Gasteiger partial charge in [0.25, 0.3) is 0 Å². The van der Waals surface area contributed by atoms with Crippen LogP contribution in [0, 0.1) is 0 Å². The summed E-state index contributed by atoms with van der Waals surface area (Å²) in [5, 5.41) is 19.3. The van der Waals surface area contributed by atoms with Crippen molar-refractivity contribution >= 4 is 11.9 Å². The summed E-state index contributed by atoms with van der Waals surface area (Å²) in [4.78, 5) is 19.3. The maximum Gasteiger partial charge on any atom is 2.00 e. The molecule has 0 atom stereocenters. The number of aliphatic carboxylic acids is 2. The van der Waals surface area contributed by atoms with Gasteiger partial charge in [-0.05, 0) is 25.7 Å². The first-order valence-corrected chi connectivity index (χ1v) is 4.94. The number of carbonyl (C=O) groups is 2. The molecule has 0 radical (unpaired) electrons. The van der Waals surface area contributed by atoms with Gasteiger partial charge >= 0.3 is 27.3 Å². The van der Waals surface area contributed by atoms with Gasteiger partial charge in [0.2, 0.25) is 0 Å². The van der Waals surface area contributed by atoms with Crippen LogP contribution in [-0.4, -0.2) is 11.9 Å². The van der Waals surface area contributed by atoms with E-state index in [1.54, 1.807) is 0 Å². The smallest absolute Gasteiger partial charge is 0.550 e. The molecule has 0 unspecified atom stereocenters. The number of hydrogen-bond acceptors (Lipinski definition) is 4. The minimum atomic E-state index is -0.943. The summed E-state index contributed by atoms with van der Waals surface area (Å²) in [7, 11) is 0. The number of hydrogen-bond donors (Lipinski definition) is 0. The molecule has 0 saturated carbocycles. The normalized spacial score (nSPS) is 8.13. The predicted molar refractivity (Wildman–Crippen MR) is 49.1 cm³/mol. The molecule has 15 heavy (non-hydrogen) atoms. The molecule has 0 aliphatic heterocycles. The molecule has 0 aromatic rings. The van der Waals surface area contributed by atoms with Crippen LogP contribution in [-0.2, 0) is 36.9 Å².